The lowest BCUT2D eigenvalue weighted by molar-refractivity contribution is 0.0278. The molecule has 1 saturated carbocycles. The fourth-order valence-electron chi connectivity index (χ4n) is 2.68. The molecule has 1 rings (SSSR count). The van der Waals surface area contributed by atoms with Crippen LogP contribution >= 0.6 is 24.0 Å². The van der Waals surface area contributed by atoms with E-state index in [0.29, 0.717) is 18.5 Å². The van der Waals surface area contributed by atoms with Crippen LogP contribution in [0, 0.1) is 5.92 Å². The second-order valence-corrected chi connectivity index (χ2v) is 7.54. The summed E-state index contributed by atoms with van der Waals surface area (Å²) in [5, 5.41) is 6.81. The van der Waals surface area contributed by atoms with Crippen molar-refractivity contribution >= 4 is 36.0 Å². The van der Waals surface area contributed by atoms with E-state index in [1.54, 1.807) is 19.0 Å². The lowest BCUT2D eigenvalue weighted by Crippen LogP contribution is -2.45. The second kappa shape index (κ2) is 11.0. The number of carbonyl (C=O) groups excluding carboxylic acids is 1. The predicted octanol–water partition coefficient (Wildman–Crippen LogP) is 3.22. The number of amides is 1. The topological polar surface area (TPSA) is 66.0 Å². The van der Waals surface area contributed by atoms with Crippen molar-refractivity contribution in [2.75, 3.05) is 27.2 Å². The van der Waals surface area contributed by atoms with Crippen molar-refractivity contribution in [2.45, 2.75) is 65.0 Å². The Bertz CT molecular complexity index is 404. The molecule has 24 heavy (non-hydrogen) atoms. The van der Waals surface area contributed by atoms with E-state index in [1.807, 2.05) is 20.8 Å². The molecule has 0 aliphatic heterocycles. The van der Waals surface area contributed by atoms with Crippen LogP contribution in [0.2, 0.25) is 0 Å². The van der Waals surface area contributed by atoms with Gasteiger partial charge in [0.25, 0.3) is 0 Å². The van der Waals surface area contributed by atoms with Crippen molar-refractivity contribution in [3.63, 3.8) is 0 Å². The van der Waals surface area contributed by atoms with Crippen LogP contribution < -0.4 is 10.6 Å². The van der Waals surface area contributed by atoms with Gasteiger partial charge in [-0.1, -0.05) is 19.8 Å². The zero-order valence-electron chi connectivity index (χ0n) is 16.0. The monoisotopic (exact) mass is 454 g/mol. The number of nitrogens with zero attached hydrogens (tertiary/aromatic N) is 2. The maximum atomic E-state index is 12.0. The van der Waals surface area contributed by atoms with Crippen molar-refractivity contribution in [3.8, 4) is 0 Å². The zero-order valence-corrected chi connectivity index (χ0v) is 18.3. The molecule has 0 aromatic carbocycles. The molecule has 0 bridgehead atoms. The zero-order chi connectivity index (χ0) is 17.5. The first-order valence-corrected chi connectivity index (χ1v) is 8.62. The number of ether oxygens (including phenoxy) is 1. The number of hydrogen-bond acceptors (Lipinski definition) is 3. The quantitative estimate of drug-likeness (QED) is 0.381. The van der Waals surface area contributed by atoms with Crippen molar-refractivity contribution in [3.05, 3.63) is 0 Å². The number of nitrogens with one attached hydrogen (secondary N) is 2. The van der Waals surface area contributed by atoms with Gasteiger partial charge in [0, 0.05) is 33.2 Å². The van der Waals surface area contributed by atoms with Gasteiger partial charge in [-0.25, -0.2) is 4.79 Å². The molecule has 0 spiro atoms. The summed E-state index contributed by atoms with van der Waals surface area (Å²) in [6.45, 7) is 9.14. The van der Waals surface area contributed by atoms with Crippen LogP contribution in [0.25, 0.3) is 0 Å². The van der Waals surface area contributed by atoms with E-state index in [-0.39, 0.29) is 30.1 Å². The smallest absolute Gasteiger partial charge is 0.410 e. The van der Waals surface area contributed by atoms with Gasteiger partial charge in [0.2, 0.25) is 0 Å². The fourth-order valence-corrected chi connectivity index (χ4v) is 2.68. The average molecular weight is 454 g/mol. The Morgan fingerprint density at radius 1 is 1.33 bits per heavy atom. The number of aliphatic imine (C=N–C) groups is 1. The molecule has 1 amide bonds. The summed E-state index contributed by atoms with van der Waals surface area (Å²) in [5.74, 6) is 1.15. The van der Waals surface area contributed by atoms with Gasteiger partial charge in [0.05, 0.1) is 0 Å². The summed E-state index contributed by atoms with van der Waals surface area (Å²) in [6, 6.07) is 0.543. The Balaban J connectivity index is 0.00000529. The van der Waals surface area contributed by atoms with Crippen LogP contribution in [0.1, 0.15) is 53.4 Å². The molecule has 1 aliphatic rings. The van der Waals surface area contributed by atoms with Crippen LogP contribution in [0.4, 0.5) is 4.79 Å². The van der Waals surface area contributed by atoms with Crippen molar-refractivity contribution in [2.24, 2.45) is 10.9 Å². The minimum absolute atomic E-state index is 0. The normalized spacial score (nSPS) is 17.0. The minimum Gasteiger partial charge on any atom is -0.444 e. The number of carbonyl (C=O) groups is 1. The molecule has 0 radical (unpaired) electrons. The Kier molecular flexibility index (Phi) is 10.7. The Labute approximate surface area is 164 Å². The average Bonchev–Trinajstić information content (AvgIpc) is 2.94. The number of guanidine groups is 1. The van der Waals surface area contributed by atoms with E-state index in [4.69, 9.17) is 4.74 Å². The van der Waals surface area contributed by atoms with E-state index in [1.165, 1.54) is 25.7 Å². The molecular formula is C17H35IN4O2. The molecule has 2 N–H and O–H groups in total. The lowest BCUT2D eigenvalue weighted by Gasteiger charge is -2.27. The van der Waals surface area contributed by atoms with Crippen molar-refractivity contribution in [1.82, 2.24) is 15.5 Å². The maximum absolute atomic E-state index is 12.0. The van der Waals surface area contributed by atoms with Crippen molar-refractivity contribution < 1.29 is 9.53 Å². The summed E-state index contributed by atoms with van der Waals surface area (Å²) in [6.07, 6.45) is 4.75. The summed E-state index contributed by atoms with van der Waals surface area (Å²) < 4.78 is 5.37. The van der Waals surface area contributed by atoms with Gasteiger partial charge in [-0.05, 0) is 39.5 Å². The van der Waals surface area contributed by atoms with E-state index in [9.17, 15) is 4.79 Å². The highest BCUT2D eigenvalue weighted by atomic mass is 127. The molecule has 0 heterocycles. The van der Waals surface area contributed by atoms with Crippen LogP contribution in [-0.4, -0.2) is 55.8 Å². The van der Waals surface area contributed by atoms with E-state index in [2.05, 4.69) is 22.5 Å². The first-order valence-electron chi connectivity index (χ1n) is 8.62. The first kappa shape index (κ1) is 23.3. The molecule has 1 unspecified atom stereocenters. The molecule has 0 saturated heterocycles. The van der Waals surface area contributed by atoms with Gasteiger partial charge >= 0.3 is 6.09 Å². The second-order valence-electron chi connectivity index (χ2n) is 7.54. The molecule has 6 nitrogen and oxygen atoms in total. The summed E-state index contributed by atoms with van der Waals surface area (Å²) in [5.41, 5.74) is -0.458. The number of halogens is 1. The molecule has 1 atom stereocenters. The largest absolute Gasteiger partial charge is 0.444 e. The molecule has 1 aliphatic carbocycles. The van der Waals surface area contributed by atoms with Gasteiger partial charge in [-0.3, -0.25) is 4.99 Å². The van der Waals surface area contributed by atoms with Crippen LogP contribution in [-0.2, 0) is 4.74 Å². The third-order valence-corrected chi connectivity index (χ3v) is 3.83. The lowest BCUT2D eigenvalue weighted by atomic mass is 10.1. The Hall–Kier alpha value is -0.730. The van der Waals surface area contributed by atoms with Crippen LogP contribution in [0.3, 0.4) is 0 Å². The summed E-state index contributed by atoms with van der Waals surface area (Å²) >= 11 is 0. The number of rotatable bonds is 5. The Morgan fingerprint density at radius 3 is 2.42 bits per heavy atom. The first-order chi connectivity index (χ1) is 10.7. The Morgan fingerprint density at radius 2 is 1.92 bits per heavy atom. The molecule has 142 valence electrons. The molecule has 1 fully saturated rings. The van der Waals surface area contributed by atoms with E-state index >= 15 is 0 Å². The minimum atomic E-state index is -0.458. The van der Waals surface area contributed by atoms with Crippen molar-refractivity contribution in [1.29, 1.82) is 0 Å². The molecular weight excluding hydrogens is 419 g/mol. The summed E-state index contributed by atoms with van der Waals surface area (Å²) in [4.78, 5) is 17.9. The van der Waals surface area contributed by atoms with E-state index in [0.717, 1.165) is 12.5 Å². The van der Waals surface area contributed by atoms with Crippen LogP contribution in [0.15, 0.2) is 4.99 Å². The highest BCUT2D eigenvalue weighted by Gasteiger charge is 2.21. The number of hydrogen-bond donors (Lipinski definition) is 2. The third-order valence-electron chi connectivity index (χ3n) is 3.83. The maximum Gasteiger partial charge on any atom is 0.410 e. The highest BCUT2D eigenvalue weighted by molar-refractivity contribution is 14.0. The standard InChI is InChI=1S/C17H34N4O2.HI/c1-13(12-21(6)16(22)23-17(2,3)4)11-19-15(18-5)20-14-9-7-8-10-14;/h13-14H,7-12H2,1-6H3,(H2,18,19,20);1H. The van der Waals surface area contributed by atoms with Gasteiger partial charge in [0.1, 0.15) is 5.60 Å². The fraction of sp³-hybridized carbons (Fsp3) is 0.882. The third kappa shape index (κ3) is 9.54. The van der Waals surface area contributed by atoms with Gasteiger partial charge in [0.15, 0.2) is 5.96 Å². The SMILES string of the molecule is CN=C(NCC(C)CN(C)C(=O)OC(C)(C)C)NC1CCCC1.I. The molecule has 0 aromatic heterocycles. The molecule has 7 heteroatoms. The van der Waals surface area contributed by atoms with Gasteiger partial charge < -0.3 is 20.3 Å². The highest BCUT2D eigenvalue weighted by Crippen LogP contribution is 2.17. The molecule has 0 aromatic rings. The van der Waals surface area contributed by atoms with Gasteiger partial charge in [-0.2, -0.15) is 0 Å². The van der Waals surface area contributed by atoms with Gasteiger partial charge in [-0.15, -0.1) is 24.0 Å². The predicted molar refractivity (Wildman–Crippen MR) is 110 cm³/mol. The van der Waals surface area contributed by atoms with Crippen LogP contribution in [0.5, 0.6) is 0 Å². The van der Waals surface area contributed by atoms with E-state index < -0.39 is 5.60 Å². The summed E-state index contributed by atoms with van der Waals surface area (Å²) in [7, 11) is 3.57.